The Balaban J connectivity index is 1.86. The second-order valence-corrected chi connectivity index (χ2v) is 3.87. The summed E-state index contributed by atoms with van der Waals surface area (Å²) in [5.74, 6) is -0.0283. The lowest BCUT2D eigenvalue weighted by Gasteiger charge is -2.09. The van der Waals surface area contributed by atoms with Crippen molar-refractivity contribution in [1.29, 1.82) is 0 Å². The number of amides is 1. The summed E-state index contributed by atoms with van der Waals surface area (Å²) in [6.45, 7) is 2.48. The second kappa shape index (κ2) is 6.05. The van der Waals surface area contributed by atoms with E-state index in [0.717, 1.165) is 19.3 Å². The minimum absolute atomic E-state index is 0.0283. The molecule has 15 heavy (non-hydrogen) atoms. The number of hydrogen-bond acceptors (Lipinski definition) is 4. The maximum Gasteiger partial charge on any atom is 0.240 e. The molecule has 1 rings (SSSR count). The lowest BCUT2D eigenvalue weighted by Crippen LogP contribution is -2.43. The molecular formula is C10H20N2O3. The molecule has 0 aromatic carbocycles. The van der Waals surface area contributed by atoms with E-state index in [2.05, 4.69) is 5.32 Å². The second-order valence-electron chi connectivity index (χ2n) is 3.87. The minimum Gasteiger partial charge on any atom is -0.382 e. The highest BCUT2D eigenvalue weighted by Crippen LogP contribution is 2.31. The molecule has 0 aromatic rings. The summed E-state index contributed by atoms with van der Waals surface area (Å²) in [6, 6.07) is 0. The molecule has 0 bridgehead atoms. The van der Waals surface area contributed by atoms with Gasteiger partial charge < -0.3 is 20.5 Å². The highest BCUT2D eigenvalue weighted by molar-refractivity contribution is 5.88. The zero-order chi connectivity index (χ0) is 11.1. The molecule has 1 aliphatic rings. The fraction of sp³-hybridized carbons (Fsp3) is 0.900. The lowest BCUT2D eigenvalue weighted by molar-refractivity contribution is -0.123. The summed E-state index contributed by atoms with van der Waals surface area (Å²) in [6.07, 6.45) is 2.43. The Morgan fingerprint density at radius 3 is 2.73 bits per heavy atom. The van der Waals surface area contributed by atoms with Gasteiger partial charge in [-0.1, -0.05) is 0 Å². The van der Waals surface area contributed by atoms with Crippen LogP contribution in [0.4, 0.5) is 0 Å². The normalized spacial score (nSPS) is 17.5. The van der Waals surface area contributed by atoms with Gasteiger partial charge in [0, 0.05) is 20.3 Å². The number of methoxy groups -OCH3 is 1. The summed E-state index contributed by atoms with van der Waals surface area (Å²) in [4.78, 5) is 11.4. The van der Waals surface area contributed by atoms with Crippen LogP contribution >= 0.6 is 0 Å². The first-order chi connectivity index (χ1) is 7.19. The summed E-state index contributed by atoms with van der Waals surface area (Å²) >= 11 is 0. The molecule has 0 aromatic heterocycles. The molecule has 1 fully saturated rings. The molecule has 0 saturated heterocycles. The molecule has 1 aliphatic carbocycles. The Morgan fingerprint density at radius 2 is 2.13 bits per heavy atom. The SMILES string of the molecule is COCCOCCCNC(=O)C1(N)CC1. The molecule has 3 N–H and O–H groups in total. The van der Waals surface area contributed by atoms with Crippen molar-refractivity contribution in [2.45, 2.75) is 24.8 Å². The summed E-state index contributed by atoms with van der Waals surface area (Å²) in [5.41, 5.74) is 5.15. The fourth-order valence-corrected chi connectivity index (χ4v) is 1.16. The van der Waals surface area contributed by atoms with E-state index in [1.807, 2.05) is 0 Å². The average Bonchev–Trinajstić information content (AvgIpc) is 2.96. The number of carbonyl (C=O) groups excluding carboxylic acids is 1. The van der Waals surface area contributed by atoms with Crippen LogP contribution in [0.2, 0.25) is 0 Å². The van der Waals surface area contributed by atoms with Crippen LogP contribution in [0, 0.1) is 0 Å². The van der Waals surface area contributed by atoms with E-state index in [1.165, 1.54) is 0 Å². The number of nitrogens with one attached hydrogen (secondary N) is 1. The van der Waals surface area contributed by atoms with Crippen LogP contribution in [-0.4, -0.2) is 44.9 Å². The zero-order valence-corrected chi connectivity index (χ0v) is 9.25. The van der Waals surface area contributed by atoms with E-state index in [0.29, 0.717) is 26.4 Å². The Morgan fingerprint density at radius 1 is 1.40 bits per heavy atom. The largest absolute Gasteiger partial charge is 0.382 e. The molecule has 0 atom stereocenters. The van der Waals surface area contributed by atoms with Gasteiger partial charge in [-0.15, -0.1) is 0 Å². The minimum atomic E-state index is -0.559. The molecular weight excluding hydrogens is 196 g/mol. The van der Waals surface area contributed by atoms with Crippen molar-refractivity contribution in [2.24, 2.45) is 5.73 Å². The highest BCUT2D eigenvalue weighted by Gasteiger charge is 2.45. The van der Waals surface area contributed by atoms with E-state index < -0.39 is 5.54 Å². The summed E-state index contributed by atoms with van der Waals surface area (Å²) in [7, 11) is 1.64. The van der Waals surface area contributed by atoms with Gasteiger partial charge in [-0.3, -0.25) is 4.79 Å². The Bertz CT molecular complexity index is 205. The van der Waals surface area contributed by atoms with Gasteiger partial charge >= 0.3 is 0 Å². The smallest absolute Gasteiger partial charge is 0.240 e. The third-order valence-corrected chi connectivity index (χ3v) is 2.42. The number of ether oxygens (including phenoxy) is 2. The van der Waals surface area contributed by atoms with Crippen molar-refractivity contribution in [1.82, 2.24) is 5.32 Å². The Hall–Kier alpha value is -0.650. The van der Waals surface area contributed by atoms with Crippen LogP contribution in [0.25, 0.3) is 0 Å². The topological polar surface area (TPSA) is 73.6 Å². The van der Waals surface area contributed by atoms with Crippen molar-refractivity contribution >= 4 is 5.91 Å². The molecule has 88 valence electrons. The predicted octanol–water partition coefficient (Wildman–Crippen LogP) is -0.353. The highest BCUT2D eigenvalue weighted by atomic mass is 16.5. The third kappa shape index (κ3) is 4.59. The lowest BCUT2D eigenvalue weighted by atomic mass is 10.2. The van der Waals surface area contributed by atoms with Crippen LogP contribution in [0.3, 0.4) is 0 Å². The number of rotatable bonds is 8. The first kappa shape index (κ1) is 12.4. The van der Waals surface area contributed by atoms with Gasteiger partial charge in [-0.2, -0.15) is 0 Å². The van der Waals surface area contributed by atoms with Crippen molar-refractivity contribution in [3.8, 4) is 0 Å². The molecule has 0 radical (unpaired) electrons. The molecule has 5 heteroatoms. The first-order valence-corrected chi connectivity index (χ1v) is 5.33. The first-order valence-electron chi connectivity index (χ1n) is 5.33. The van der Waals surface area contributed by atoms with Gasteiger partial charge in [0.2, 0.25) is 5.91 Å². The van der Waals surface area contributed by atoms with Gasteiger partial charge in [-0.05, 0) is 19.3 Å². The monoisotopic (exact) mass is 216 g/mol. The predicted molar refractivity (Wildman–Crippen MR) is 56.5 cm³/mol. The fourth-order valence-electron chi connectivity index (χ4n) is 1.16. The van der Waals surface area contributed by atoms with E-state index in [4.69, 9.17) is 15.2 Å². The van der Waals surface area contributed by atoms with Crippen LogP contribution in [-0.2, 0) is 14.3 Å². The van der Waals surface area contributed by atoms with Crippen molar-refractivity contribution in [3.05, 3.63) is 0 Å². The number of nitrogens with two attached hydrogens (primary N) is 1. The maximum absolute atomic E-state index is 11.4. The third-order valence-electron chi connectivity index (χ3n) is 2.42. The van der Waals surface area contributed by atoms with E-state index in [9.17, 15) is 4.79 Å². The van der Waals surface area contributed by atoms with Gasteiger partial charge in [-0.25, -0.2) is 0 Å². The maximum atomic E-state index is 11.4. The average molecular weight is 216 g/mol. The summed E-state index contributed by atoms with van der Waals surface area (Å²) in [5, 5.41) is 2.80. The van der Waals surface area contributed by atoms with Crippen LogP contribution in [0.5, 0.6) is 0 Å². The van der Waals surface area contributed by atoms with Crippen molar-refractivity contribution in [3.63, 3.8) is 0 Å². The molecule has 5 nitrogen and oxygen atoms in total. The van der Waals surface area contributed by atoms with Crippen molar-refractivity contribution < 1.29 is 14.3 Å². The molecule has 0 aliphatic heterocycles. The standard InChI is InChI=1S/C10H20N2O3/c1-14-7-8-15-6-2-5-12-9(13)10(11)3-4-10/h2-8,11H2,1H3,(H,12,13). The van der Waals surface area contributed by atoms with Gasteiger partial charge in [0.05, 0.1) is 18.8 Å². The number of hydrogen-bond donors (Lipinski definition) is 2. The Kier molecular flexibility index (Phi) is 5.01. The molecule has 0 heterocycles. The van der Waals surface area contributed by atoms with Gasteiger partial charge in [0.15, 0.2) is 0 Å². The zero-order valence-electron chi connectivity index (χ0n) is 9.25. The van der Waals surface area contributed by atoms with Crippen LogP contribution in [0.1, 0.15) is 19.3 Å². The molecule has 0 unspecified atom stereocenters. The summed E-state index contributed by atoms with van der Waals surface area (Å²) < 4.78 is 10.1. The van der Waals surface area contributed by atoms with Crippen LogP contribution < -0.4 is 11.1 Å². The van der Waals surface area contributed by atoms with Gasteiger partial charge in [0.1, 0.15) is 0 Å². The van der Waals surface area contributed by atoms with Crippen LogP contribution in [0.15, 0.2) is 0 Å². The molecule has 0 spiro atoms. The van der Waals surface area contributed by atoms with E-state index in [1.54, 1.807) is 7.11 Å². The quantitative estimate of drug-likeness (QED) is 0.544. The molecule has 1 saturated carbocycles. The number of carbonyl (C=O) groups is 1. The Labute approximate surface area is 90.3 Å². The van der Waals surface area contributed by atoms with Gasteiger partial charge in [0.25, 0.3) is 0 Å². The van der Waals surface area contributed by atoms with E-state index in [-0.39, 0.29) is 5.91 Å². The van der Waals surface area contributed by atoms with E-state index >= 15 is 0 Å². The van der Waals surface area contributed by atoms with Crippen molar-refractivity contribution in [2.75, 3.05) is 33.5 Å². The molecule has 1 amide bonds.